The third kappa shape index (κ3) is 3.75. The zero-order chi connectivity index (χ0) is 18.7. The van der Waals surface area contributed by atoms with Crippen LogP contribution in [0.15, 0.2) is 66.9 Å². The summed E-state index contributed by atoms with van der Waals surface area (Å²) in [4.78, 5) is 25.6. The summed E-state index contributed by atoms with van der Waals surface area (Å²) in [6.07, 6.45) is 0.778. The zero-order valence-corrected chi connectivity index (χ0v) is 15.1. The van der Waals surface area contributed by atoms with Gasteiger partial charge in [0.1, 0.15) is 5.69 Å². The van der Waals surface area contributed by atoms with Crippen molar-refractivity contribution in [2.75, 3.05) is 0 Å². The molecule has 0 saturated heterocycles. The van der Waals surface area contributed by atoms with E-state index in [2.05, 4.69) is 0 Å². The van der Waals surface area contributed by atoms with E-state index in [1.165, 1.54) is 0 Å². The molecule has 1 aromatic heterocycles. The SMILES string of the molecule is Cc1ccc(C(=O)[C@@H](OC(=O)c2cccn2C)c2ccc(C)cc2)cc1. The van der Waals surface area contributed by atoms with Gasteiger partial charge in [-0.15, -0.1) is 0 Å². The minimum Gasteiger partial charge on any atom is -0.444 e. The molecule has 1 heterocycles. The Morgan fingerprint density at radius 1 is 0.885 bits per heavy atom. The first-order valence-electron chi connectivity index (χ1n) is 8.45. The number of nitrogens with zero attached hydrogens (tertiary/aromatic N) is 1. The first kappa shape index (κ1) is 17.7. The second-order valence-corrected chi connectivity index (χ2v) is 6.43. The van der Waals surface area contributed by atoms with Gasteiger partial charge in [-0.05, 0) is 26.0 Å². The van der Waals surface area contributed by atoms with Crippen LogP contribution in [0.4, 0.5) is 0 Å². The first-order valence-corrected chi connectivity index (χ1v) is 8.45. The fraction of sp³-hybridized carbons (Fsp3) is 0.182. The Balaban J connectivity index is 1.94. The van der Waals surface area contributed by atoms with Crippen LogP contribution in [0.2, 0.25) is 0 Å². The van der Waals surface area contributed by atoms with Gasteiger partial charge >= 0.3 is 5.97 Å². The second-order valence-electron chi connectivity index (χ2n) is 6.43. The average molecular weight is 347 g/mol. The minimum absolute atomic E-state index is 0.239. The summed E-state index contributed by atoms with van der Waals surface area (Å²) in [6.45, 7) is 3.93. The Bertz CT molecular complexity index is 921. The molecule has 3 aromatic rings. The van der Waals surface area contributed by atoms with Crippen molar-refractivity contribution < 1.29 is 14.3 Å². The molecule has 0 radical (unpaired) electrons. The van der Waals surface area contributed by atoms with E-state index in [1.54, 1.807) is 42.1 Å². The molecule has 132 valence electrons. The lowest BCUT2D eigenvalue weighted by Gasteiger charge is -2.18. The number of hydrogen-bond donors (Lipinski definition) is 0. The molecule has 4 nitrogen and oxygen atoms in total. The summed E-state index contributed by atoms with van der Waals surface area (Å²) in [6, 6.07) is 18.2. The van der Waals surface area contributed by atoms with Gasteiger partial charge in [-0.1, -0.05) is 59.7 Å². The monoisotopic (exact) mass is 347 g/mol. The summed E-state index contributed by atoms with van der Waals surface area (Å²) >= 11 is 0. The number of ether oxygens (including phenoxy) is 1. The number of Topliss-reactive ketones (excluding diaryl/α,β-unsaturated/α-hetero) is 1. The van der Waals surface area contributed by atoms with Crippen molar-refractivity contribution in [3.63, 3.8) is 0 Å². The topological polar surface area (TPSA) is 48.3 Å². The molecule has 3 rings (SSSR count). The van der Waals surface area contributed by atoms with E-state index in [-0.39, 0.29) is 5.78 Å². The predicted octanol–water partition coefficient (Wildman–Crippen LogP) is 4.42. The number of ketones is 1. The normalized spacial score (nSPS) is 11.8. The fourth-order valence-corrected chi connectivity index (χ4v) is 2.72. The van der Waals surface area contributed by atoms with Gasteiger partial charge in [-0.3, -0.25) is 4.79 Å². The van der Waals surface area contributed by atoms with Gasteiger partial charge < -0.3 is 9.30 Å². The quantitative estimate of drug-likeness (QED) is 0.507. The summed E-state index contributed by atoms with van der Waals surface area (Å²) in [5, 5.41) is 0. The molecule has 0 amide bonds. The Morgan fingerprint density at radius 3 is 2.00 bits per heavy atom. The van der Waals surface area contributed by atoms with E-state index in [1.807, 2.05) is 50.2 Å². The number of aromatic nitrogens is 1. The molecule has 0 saturated carbocycles. The maximum Gasteiger partial charge on any atom is 0.356 e. The number of esters is 1. The van der Waals surface area contributed by atoms with Gasteiger partial charge in [0.2, 0.25) is 5.78 Å². The summed E-state index contributed by atoms with van der Waals surface area (Å²) < 4.78 is 7.31. The Hall–Kier alpha value is -3.14. The van der Waals surface area contributed by atoms with Crippen LogP contribution in [0.3, 0.4) is 0 Å². The van der Waals surface area contributed by atoms with E-state index in [0.29, 0.717) is 16.8 Å². The van der Waals surface area contributed by atoms with Gasteiger partial charge in [0, 0.05) is 24.4 Å². The fourth-order valence-electron chi connectivity index (χ4n) is 2.72. The molecular formula is C22H21NO3. The molecule has 0 unspecified atom stereocenters. The molecule has 0 fully saturated rings. The van der Waals surface area contributed by atoms with Crippen molar-refractivity contribution in [3.05, 3.63) is 94.8 Å². The van der Waals surface area contributed by atoms with Gasteiger partial charge in [-0.25, -0.2) is 4.79 Å². The highest BCUT2D eigenvalue weighted by molar-refractivity contribution is 6.02. The van der Waals surface area contributed by atoms with Crippen molar-refractivity contribution in [1.29, 1.82) is 0 Å². The van der Waals surface area contributed by atoms with Crippen LogP contribution in [0.25, 0.3) is 0 Å². The molecule has 2 aromatic carbocycles. The van der Waals surface area contributed by atoms with Gasteiger partial charge in [0.25, 0.3) is 0 Å². The van der Waals surface area contributed by atoms with Crippen LogP contribution in [-0.4, -0.2) is 16.3 Å². The molecule has 26 heavy (non-hydrogen) atoms. The molecule has 0 spiro atoms. The number of benzene rings is 2. The third-order valence-electron chi connectivity index (χ3n) is 4.33. The van der Waals surface area contributed by atoms with Gasteiger partial charge in [0.15, 0.2) is 6.10 Å². The van der Waals surface area contributed by atoms with Crippen LogP contribution < -0.4 is 0 Å². The largest absolute Gasteiger partial charge is 0.444 e. The Morgan fingerprint density at radius 2 is 1.46 bits per heavy atom. The smallest absolute Gasteiger partial charge is 0.356 e. The molecule has 0 aliphatic carbocycles. The van der Waals surface area contributed by atoms with Crippen LogP contribution in [0, 0.1) is 13.8 Å². The summed E-state index contributed by atoms with van der Waals surface area (Å²) in [5.74, 6) is -0.764. The van der Waals surface area contributed by atoms with E-state index >= 15 is 0 Å². The Labute approximate surface area is 153 Å². The number of hydrogen-bond acceptors (Lipinski definition) is 3. The van der Waals surface area contributed by atoms with Crippen LogP contribution in [0.1, 0.15) is 43.6 Å². The highest BCUT2D eigenvalue weighted by Gasteiger charge is 2.27. The number of carbonyl (C=O) groups is 2. The van der Waals surface area contributed by atoms with Gasteiger partial charge in [0.05, 0.1) is 0 Å². The van der Waals surface area contributed by atoms with Crippen molar-refractivity contribution in [1.82, 2.24) is 4.57 Å². The molecular weight excluding hydrogens is 326 g/mol. The lowest BCUT2D eigenvalue weighted by molar-refractivity contribution is 0.0271. The first-order chi connectivity index (χ1) is 12.5. The van der Waals surface area contributed by atoms with E-state index in [4.69, 9.17) is 4.74 Å². The third-order valence-corrected chi connectivity index (χ3v) is 4.33. The van der Waals surface area contributed by atoms with E-state index < -0.39 is 12.1 Å². The van der Waals surface area contributed by atoms with E-state index in [9.17, 15) is 9.59 Å². The minimum atomic E-state index is -0.985. The van der Waals surface area contributed by atoms with Crippen LogP contribution in [0.5, 0.6) is 0 Å². The number of aryl methyl sites for hydroxylation is 3. The summed E-state index contributed by atoms with van der Waals surface area (Å²) in [5.41, 5.74) is 3.71. The molecule has 0 aliphatic rings. The average Bonchev–Trinajstić information content (AvgIpc) is 3.06. The van der Waals surface area contributed by atoms with E-state index in [0.717, 1.165) is 11.1 Å². The molecule has 0 aliphatic heterocycles. The molecule has 4 heteroatoms. The maximum absolute atomic E-state index is 13.0. The standard InChI is InChI=1S/C22H21NO3/c1-15-6-10-17(11-7-15)20(24)21(18-12-8-16(2)9-13-18)26-22(25)19-5-4-14-23(19)3/h4-14,21H,1-3H3/t21-/m0/s1. The van der Waals surface area contributed by atoms with Gasteiger partial charge in [-0.2, -0.15) is 0 Å². The lowest BCUT2D eigenvalue weighted by Crippen LogP contribution is -2.21. The molecule has 0 bridgehead atoms. The van der Waals surface area contributed by atoms with Crippen molar-refractivity contribution >= 4 is 11.8 Å². The summed E-state index contributed by atoms with van der Waals surface area (Å²) in [7, 11) is 1.76. The van der Waals surface area contributed by atoms with Crippen LogP contribution in [-0.2, 0) is 11.8 Å². The highest BCUT2D eigenvalue weighted by Crippen LogP contribution is 2.25. The highest BCUT2D eigenvalue weighted by atomic mass is 16.5. The zero-order valence-electron chi connectivity index (χ0n) is 15.1. The lowest BCUT2D eigenvalue weighted by atomic mass is 9.98. The predicted molar refractivity (Wildman–Crippen MR) is 100 cm³/mol. The van der Waals surface area contributed by atoms with Crippen LogP contribution >= 0.6 is 0 Å². The molecule has 0 N–H and O–H groups in total. The maximum atomic E-state index is 13.0. The van der Waals surface area contributed by atoms with Crippen molar-refractivity contribution in [3.8, 4) is 0 Å². The number of carbonyl (C=O) groups excluding carboxylic acids is 2. The number of rotatable bonds is 5. The molecule has 1 atom stereocenters. The van der Waals surface area contributed by atoms with Crippen molar-refractivity contribution in [2.45, 2.75) is 20.0 Å². The second kappa shape index (κ2) is 7.40. The Kier molecular flexibility index (Phi) is 5.03. The van der Waals surface area contributed by atoms with Crippen molar-refractivity contribution in [2.24, 2.45) is 7.05 Å².